The Bertz CT molecular complexity index is 1080. The number of anilines is 1. The van der Waals surface area contributed by atoms with Crippen molar-refractivity contribution in [3.05, 3.63) is 69.5 Å². The number of carbonyl (C=O) groups excluding carboxylic acids is 1. The molecule has 0 saturated heterocycles. The summed E-state index contributed by atoms with van der Waals surface area (Å²) in [4.78, 5) is 26.1. The minimum Gasteiger partial charge on any atom is -0.506 e. The van der Waals surface area contributed by atoms with Gasteiger partial charge in [-0.2, -0.15) is 0 Å². The molecule has 0 bridgehead atoms. The van der Waals surface area contributed by atoms with Gasteiger partial charge in [-0.25, -0.2) is 0 Å². The standard InChI is InChI=1S/C23H26N2O3/c1-4-5-8-14-25-19-13-7-6-11-17(19)21(26)20(23(25)28)22(27)24-18-12-9-10-15(2)16(18)3/h6-7,9-13,26H,4-5,8,14H2,1-3H3,(H,24,27). The Labute approximate surface area is 164 Å². The molecule has 1 amide bonds. The van der Waals surface area contributed by atoms with Gasteiger partial charge in [-0.15, -0.1) is 0 Å². The number of hydrogen-bond acceptors (Lipinski definition) is 3. The Morgan fingerprint density at radius 1 is 1.07 bits per heavy atom. The van der Waals surface area contributed by atoms with Crippen molar-refractivity contribution in [2.45, 2.75) is 46.6 Å². The van der Waals surface area contributed by atoms with Crippen LogP contribution in [0.5, 0.6) is 5.75 Å². The molecule has 0 unspecified atom stereocenters. The zero-order valence-corrected chi connectivity index (χ0v) is 16.6. The van der Waals surface area contributed by atoms with Crippen LogP contribution in [0.2, 0.25) is 0 Å². The maximum absolute atomic E-state index is 13.1. The average Bonchev–Trinajstić information content (AvgIpc) is 2.68. The molecule has 5 nitrogen and oxygen atoms in total. The number of aryl methyl sites for hydroxylation is 2. The molecule has 5 heteroatoms. The normalized spacial score (nSPS) is 11.0. The lowest BCUT2D eigenvalue weighted by Gasteiger charge is -2.16. The maximum Gasteiger partial charge on any atom is 0.267 e. The number of unbranched alkanes of at least 4 members (excludes halogenated alkanes) is 2. The van der Waals surface area contributed by atoms with Crippen molar-refractivity contribution < 1.29 is 9.90 Å². The summed E-state index contributed by atoms with van der Waals surface area (Å²) in [5.74, 6) is -0.860. The quantitative estimate of drug-likeness (QED) is 0.607. The lowest BCUT2D eigenvalue weighted by Crippen LogP contribution is -2.30. The minimum atomic E-state index is -0.591. The van der Waals surface area contributed by atoms with Crippen LogP contribution in [0, 0.1) is 13.8 Å². The smallest absolute Gasteiger partial charge is 0.267 e. The lowest BCUT2D eigenvalue weighted by molar-refractivity contribution is 0.102. The van der Waals surface area contributed by atoms with E-state index in [9.17, 15) is 14.7 Å². The van der Waals surface area contributed by atoms with E-state index in [0.29, 0.717) is 23.1 Å². The van der Waals surface area contributed by atoms with Gasteiger partial charge in [0.15, 0.2) is 0 Å². The van der Waals surface area contributed by atoms with Crippen LogP contribution in [0.3, 0.4) is 0 Å². The van der Waals surface area contributed by atoms with Crippen molar-refractivity contribution in [1.29, 1.82) is 0 Å². The summed E-state index contributed by atoms with van der Waals surface area (Å²) in [6, 6.07) is 12.7. The molecule has 0 atom stereocenters. The second-order valence-corrected chi connectivity index (χ2v) is 7.11. The SMILES string of the molecule is CCCCCn1c(=O)c(C(=O)Nc2cccc(C)c2C)c(O)c2ccccc21. The molecule has 0 aliphatic carbocycles. The molecule has 1 aromatic heterocycles. The first-order valence-corrected chi connectivity index (χ1v) is 9.67. The fourth-order valence-corrected chi connectivity index (χ4v) is 3.41. The number of aromatic hydroxyl groups is 1. The van der Waals surface area contributed by atoms with Gasteiger partial charge < -0.3 is 15.0 Å². The minimum absolute atomic E-state index is 0.212. The molecule has 2 N–H and O–H groups in total. The summed E-state index contributed by atoms with van der Waals surface area (Å²) in [5, 5.41) is 14.0. The largest absolute Gasteiger partial charge is 0.506 e. The molecule has 3 aromatic rings. The number of pyridine rings is 1. The van der Waals surface area contributed by atoms with Gasteiger partial charge in [0.1, 0.15) is 11.3 Å². The molecule has 0 saturated carbocycles. The third kappa shape index (κ3) is 3.65. The van der Waals surface area contributed by atoms with E-state index in [2.05, 4.69) is 12.2 Å². The third-order valence-corrected chi connectivity index (χ3v) is 5.21. The number of aromatic nitrogens is 1. The summed E-state index contributed by atoms with van der Waals surface area (Å²) in [6.45, 7) is 6.48. The van der Waals surface area contributed by atoms with Gasteiger partial charge in [-0.3, -0.25) is 9.59 Å². The molecule has 0 radical (unpaired) electrons. The van der Waals surface area contributed by atoms with Crippen LogP contribution < -0.4 is 10.9 Å². The highest BCUT2D eigenvalue weighted by Crippen LogP contribution is 2.28. The monoisotopic (exact) mass is 378 g/mol. The van der Waals surface area contributed by atoms with E-state index in [0.717, 1.165) is 30.4 Å². The first kappa shape index (κ1) is 19.7. The topological polar surface area (TPSA) is 71.3 Å². The number of nitrogens with one attached hydrogen (secondary N) is 1. The Morgan fingerprint density at radius 3 is 2.57 bits per heavy atom. The van der Waals surface area contributed by atoms with Gasteiger partial charge >= 0.3 is 0 Å². The summed E-state index contributed by atoms with van der Waals surface area (Å²) in [7, 11) is 0. The number of rotatable bonds is 6. The van der Waals surface area contributed by atoms with E-state index >= 15 is 0 Å². The Balaban J connectivity index is 2.10. The predicted molar refractivity (Wildman–Crippen MR) is 113 cm³/mol. The average molecular weight is 378 g/mol. The molecule has 146 valence electrons. The zero-order chi connectivity index (χ0) is 20.3. The second-order valence-electron chi connectivity index (χ2n) is 7.11. The van der Waals surface area contributed by atoms with E-state index in [1.807, 2.05) is 32.0 Å². The lowest BCUT2D eigenvalue weighted by atomic mass is 10.1. The molecule has 1 heterocycles. The summed E-state index contributed by atoms with van der Waals surface area (Å²) in [6.07, 6.45) is 2.86. The third-order valence-electron chi connectivity index (χ3n) is 5.21. The zero-order valence-electron chi connectivity index (χ0n) is 16.6. The number of carbonyl (C=O) groups is 1. The van der Waals surface area contributed by atoms with Crippen molar-refractivity contribution in [2.24, 2.45) is 0 Å². The molecule has 28 heavy (non-hydrogen) atoms. The van der Waals surface area contributed by atoms with E-state index in [4.69, 9.17) is 0 Å². The highest BCUT2D eigenvalue weighted by atomic mass is 16.3. The number of para-hydroxylation sites is 1. The Kier molecular flexibility index (Phi) is 5.83. The molecule has 3 rings (SSSR count). The van der Waals surface area contributed by atoms with Crippen LogP contribution in [-0.4, -0.2) is 15.6 Å². The fraction of sp³-hybridized carbons (Fsp3) is 0.304. The van der Waals surface area contributed by atoms with Crippen LogP contribution in [0.25, 0.3) is 10.9 Å². The van der Waals surface area contributed by atoms with E-state index in [1.54, 1.807) is 28.8 Å². The predicted octanol–water partition coefficient (Wildman–Crippen LogP) is 4.77. The van der Waals surface area contributed by atoms with E-state index < -0.39 is 11.5 Å². The van der Waals surface area contributed by atoms with Gasteiger partial charge in [0.05, 0.1) is 5.52 Å². The molecular weight excluding hydrogens is 352 g/mol. The van der Waals surface area contributed by atoms with Crippen molar-refractivity contribution in [3.8, 4) is 5.75 Å². The highest BCUT2D eigenvalue weighted by molar-refractivity contribution is 6.09. The van der Waals surface area contributed by atoms with Crippen LogP contribution in [0.1, 0.15) is 47.7 Å². The van der Waals surface area contributed by atoms with Gasteiger partial charge in [0.25, 0.3) is 11.5 Å². The molecule has 0 fully saturated rings. The highest BCUT2D eigenvalue weighted by Gasteiger charge is 2.22. The number of hydrogen-bond donors (Lipinski definition) is 2. The molecule has 0 aliphatic heterocycles. The van der Waals surface area contributed by atoms with Crippen LogP contribution in [-0.2, 0) is 6.54 Å². The number of nitrogens with zero attached hydrogens (tertiary/aromatic N) is 1. The van der Waals surface area contributed by atoms with Crippen molar-refractivity contribution in [3.63, 3.8) is 0 Å². The number of fused-ring (bicyclic) bond motifs is 1. The second kappa shape index (κ2) is 8.30. The maximum atomic E-state index is 13.1. The van der Waals surface area contributed by atoms with Gasteiger partial charge in [0.2, 0.25) is 0 Å². The molecular formula is C23H26N2O3. The first-order chi connectivity index (χ1) is 13.5. The Hall–Kier alpha value is -3.08. The van der Waals surface area contributed by atoms with Gasteiger partial charge in [0, 0.05) is 17.6 Å². The van der Waals surface area contributed by atoms with Gasteiger partial charge in [-0.1, -0.05) is 44.0 Å². The first-order valence-electron chi connectivity index (χ1n) is 9.67. The van der Waals surface area contributed by atoms with Gasteiger partial charge in [-0.05, 0) is 49.6 Å². The summed E-state index contributed by atoms with van der Waals surface area (Å²) < 4.78 is 1.60. The fourth-order valence-electron chi connectivity index (χ4n) is 3.41. The van der Waals surface area contributed by atoms with E-state index in [1.165, 1.54) is 0 Å². The molecule has 2 aromatic carbocycles. The van der Waals surface area contributed by atoms with Crippen LogP contribution in [0.4, 0.5) is 5.69 Å². The van der Waals surface area contributed by atoms with Crippen molar-refractivity contribution >= 4 is 22.5 Å². The van der Waals surface area contributed by atoms with Crippen LogP contribution in [0.15, 0.2) is 47.3 Å². The molecule has 0 aliphatic rings. The number of benzene rings is 2. The van der Waals surface area contributed by atoms with Crippen LogP contribution >= 0.6 is 0 Å². The van der Waals surface area contributed by atoms with Crippen molar-refractivity contribution in [1.82, 2.24) is 4.57 Å². The van der Waals surface area contributed by atoms with E-state index in [-0.39, 0.29) is 11.3 Å². The summed E-state index contributed by atoms with van der Waals surface area (Å²) in [5.41, 5.74) is 2.57. The van der Waals surface area contributed by atoms with Crippen molar-refractivity contribution in [2.75, 3.05) is 5.32 Å². The molecule has 0 spiro atoms. The summed E-state index contributed by atoms with van der Waals surface area (Å²) >= 11 is 0. The Morgan fingerprint density at radius 2 is 1.82 bits per heavy atom. The number of amides is 1.